The zero-order valence-corrected chi connectivity index (χ0v) is 13.9. The normalized spacial score (nSPS) is 10.2. The van der Waals surface area contributed by atoms with E-state index in [0.29, 0.717) is 22.3 Å². The van der Waals surface area contributed by atoms with E-state index in [1.807, 2.05) is 6.07 Å². The van der Waals surface area contributed by atoms with Crippen molar-refractivity contribution in [2.24, 2.45) is 0 Å². The smallest absolute Gasteiger partial charge is 0.244 e. The molecule has 0 spiro atoms. The van der Waals surface area contributed by atoms with E-state index < -0.39 is 0 Å². The zero-order chi connectivity index (χ0) is 16.8. The van der Waals surface area contributed by atoms with Crippen LogP contribution in [0.15, 0.2) is 42.7 Å². The van der Waals surface area contributed by atoms with Crippen molar-refractivity contribution in [2.45, 2.75) is 13.5 Å². The van der Waals surface area contributed by atoms with Gasteiger partial charge in [-0.05, 0) is 29.8 Å². The van der Waals surface area contributed by atoms with Crippen molar-refractivity contribution in [3.63, 3.8) is 0 Å². The summed E-state index contributed by atoms with van der Waals surface area (Å²) in [4.78, 5) is 29.3. The Morgan fingerprint density at radius 1 is 1.26 bits per heavy atom. The van der Waals surface area contributed by atoms with Crippen molar-refractivity contribution in [2.75, 3.05) is 11.9 Å². The van der Waals surface area contributed by atoms with Crippen molar-refractivity contribution in [1.82, 2.24) is 9.88 Å². The third kappa shape index (κ3) is 5.23. The first kappa shape index (κ1) is 17.2. The molecule has 0 saturated carbocycles. The van der Waals surface area contributed by atoms with Gasteiger partial charge >= 0.3 is 0 Å². The van der Waals surface area contributed by atoms with Gasteiger partial charge in [-0.2, -0.15) is 0 Å². The summed E-state index contributed by atoms with van der Waals surface area (Å²) < 4.78 is 0. The van der Waals surface area contributed by atoms with E-state index in [2.05, 4.69) is 10.3 Å². The van der Waals surface area contributed by atoms with Gasteiger partial charge in [0.25, 0.3) is 0 Å². The first-order chi connectivity index (χ1) is 11.0. The SMILES string of the molecule is CC(=O)N(CC(=O)Nc1cc(Cl)ccc1Cl)Cc1cccnc1. The van der Waals surface area contributed by atoms with E-state index in [4.69, 9.17) is 23.2 Å². The first-order valence-electron chi connectivity index (χ1n) is 6.85. The van der Waals surface area contributed by atoms with Gasteiger partial charge in [0, 0.05) is 30.9 Å². The molecule has 0 aliphatic heterocycles. The highest BCUT2D eigenvalue weighted by Crippen LogP contribution is 2.25. The zero-order valence-electron chi connectivity index (χ0n) is 12.4. The Labute approximate surface area is 144 Å². The standard InChI is InChI=1S/C16H15Cl2N3O2/c1-11(22)21(9-12-3-2-6-19-8-12)10-16(23)20-15-7-13(17)4-5-14(15)18/h2-8H,9-10H2,1H3,(H,20,23). The minimum absolute atomic E-state index is 0.0902. The van der Waals surface area contributed by atoms with Crippen LogP contribution in [-0.2, 0) is 16.1 Å². The number of nitrogens with zero attached hydrogens (tertiary/aromatic N) is 2. The maximum atomic E-state index is 12.2. The van der Waals surface area contributed by atoms with E-state index in [0.717, 1.165) is 5.56 Å². The van der Waals surface area contributed by atoms with Gasteiger partial charge < -0.3 is 10.2 Å². The van der Waals surface area contributed by atoms with Gasteiger partial charge in [0.2, 0.25) is 11.8 Å². The number of aromatic nitrogens is 1. The topological polar surface area (TPSA) is 62.3 Å². The van der Waals surface area contributed by atoms with Crippen LogP contribution < -0.4 is 5.32 Å². The second-order valence-electron chi connectivity index (χ2n) is 4.91. The Kier molecular flexibility index (Phi) is 5.96. The predicted molar refractivity (Wildman–Crippen MR) is 90.4 cm³/mol. The highest BCUT2D eigenvalue weighted by molar-refractivity contribution is 6.35. The third-order valence-electron chi connectivity index (χ3n) is 3.08. The minimum atomic E-state index is -0.353. The van der Waals surface area contributed by atoms with Crippen molar-refractivity contribution < 1.29 is 9.59 Å². The fourth-order valence-electron chi connectivity index (χ4n) is 1.95. The molecule has 5 nitrogen and oxygen atoms in total. The molecular weight excluding hydrogens is 337 g/mol. The van der Waals surface area contributed by atoms with Gasteiger partial charge in [-0.1, -0.05) is 29.3 Å². The summed E-state index contributed by atoms with van der Waals surface area (Å²) in [6.45, 7) is 1.63. The molecule has 1 aromatic carbocycles. The van der Waals surface area contributed by atoms with Crippen LogP contribution in [-0.4, -0.2) is 28.2 Å². The Morgan fingerprint density at radius 2 is 2.04 bits per heavy atom. The Balaban J connectivity index is 2.03. The van der Waals surface area contributed by atoms with Gasteiger partial charge in [-0.3, -0.25) is 14.6 Å². The van der Waals surface area contributed by atoms with E-state index in [-0.39, 0.29) is 18.4 Å². The molecule has 2 amide bonds. The number of halogens is 2. The van der Waals surface area contributed by atoms with Crippen molar-refractivity contribution in [3.05, 3.63) is 58.3 Å². The van der Waals surface area contributed by atoms with Crippen LogP contribution in [0.4, 0.5) is 5.69 Å². The summed E-state index contributed by atoms with van der Waals surface area (Å²) in [6.07, 6.45) is 3.30. The number of benzene rings is 1. The number of carbonyl (C=O) groups is 2. The van der Waals surface area contributed by atoms with Crippen LogP contribution in [0.2, 0.25) is 10.0 Å². The average Bonchev–Trinajstić information content (AvgIpc) is 2.51. The Bertz CT molecular complexity index is 708. The van der Waals surface area contributed by atoms with Crippen LogP contribution in [0.25, 0.3) is 0 Å². The van der Waals surface area contributed by atoms with Crippen LogP contribution in [0.1, 0.15) is 12.5 Å². The maximum absolute atomic E-state index is 12.2. The van der Waals surface area contributed by atoms with Gasteiger partial charge in [-0.15, -0.1) is 0 Å². The lowest BCUT2D eigenvalue weighted by atomic mass is 10.2. The molecule has 1 heterocycles. The summed E-state index contributed by atoms with van der Waals surface area (Å²) in [5.74, 6) is -0.561. The minimum Gasteiger partial charge on any atom is -0.329 e. The van der Waals surface area contributed by atoms with Gasteiger partial charge in [0.1, 0.15) is 6.54 Å². The van der Waals surface area contributed by atoms with E-state index in [1.54, 1.807) is 36.7 Å². The summed E-state index contributed by atoms with van der Waals surface area (Å²) in [5.41, 5.74) is 1.25. The number of pyridine rings is 1. The molecule has 1 N–H and O–H groups in total. The summed E-state index contributed by atoms with van der Waals surface area (Å²) in [5, 5.41) is 3.50. The van der Waals surface area contributed by atoms with E-state index >= 15 is 0 Å². The number of rotatable bonds is 5. The number of nitrogens with one attached hydrogen (secondary N) is 1. The molecule has 120 valence electrons. The highest BCUT2D eigenvalue weighted by atomic mass is 35.5. The second kappa shape index (κ2) is 7.94. The second-order valence-corrected chi connectivity index (χ2v) is 5.75. The molecule has 23 heavy (non-hydrogen) atoms. The average molecular weight is 352 g/mol. The van der Waals surface area contributed by atoms with Crippen LogP contribution in [0, 0.1) is 0 Å². The fourth-order valence-corrected chi connectivity index (χ4v) is 2.28. The number of hydrogen-bond donors (Lipinski definition) is 1. The predicted octanol–water partition coefficient (Wildman–Crippen LogP) is 3.38. The number of hydrogen-bond acceptors (Lipinski definition) is 3. The molecule has 0 aliphatic rings. The number of amides is 2. The molecule has 0 atom stereocenters. The van der Waals surface area contributed by atoms with Gasteiger partial charge in [0.15, 0.2) is 0 Å². The Hall–Kier alpha value is -2.11. The van der Waals surface area contributed by atoms with Crippen LogP contribution >= 0.6 is 23.2 Å². The van der Waals surface area contributed by atoms with E-state index in [9.17, 15) is 9.59 Å². The summed E-state index contributed by atoms with van der Waals surface area (Å²) in [7, 11) is 0. The molecule has 0 unspecified atom stereocenters. The molecule has 1 aromatic heterocycles. The molecule has 7 heteroatoms. The number of anilines is 1. The maximum Gasteiger partial charge on any atom is 0.244 e. The lowest BCUT2D eigenvalue weighted by Gasteiger charge is -2.20. The molecule has 2 rings (SSSR count). The summed E-state index contributed by atoms with van der Waals surface area (Å²) in [6, 6.07) is 8.40. The van der Waals surface area contributed by atoms with Gasteiger partial charge in [-0.25, -0.2) is 0 Å². The van der Waals surface area contributed by atoms with E-state index in [1.165, 1.54) is 11.8 Å². The van der Waals surface area contributed by atoms with Crippen molar-refractivity contribution >= 4 is 40.7 Å². The Morgan fingerprint density at radius 3 is 2.70 bits per heavy atom. The largest absolute Gasteiger partial charge is 0.329 e. The van der Waals surface area contributed by atoms with Crippen molar-refractivity contribution in [3.8, 4) is 0 Å². The highest BCUT2D eigenvalue weighted by Gasteiger charge is 2.15. The molecule has 0 saturated heterocycles. The number of carbonyl (C=O) groups excluding carboxylic acids is 2. The molecule has 0 aliphatic carbocycles. The molecule has 0 radical (unpaired) electrons. The summed E-state index contributed by atoms with van der Waals surface area (Å²) >= 11 is 11.9. The monoisotopic (exact) mass is 351 g/mol. The fraction of sp³-hybridized carbons (Fsp3) is 0.188. The van der Waals surface area contributed by atoms with Gasteiger partial charge in [0.05, 0.1) is 10.7 Å². The third-order valence-corrected chi connectivity index (χ3v) is 3.64. The lowest BCUT2D eigenvalue weighted by molar-refractivity contribution is -0.133. The molecule has 0 fully saturated rings. The molecular formula is C16H15Cl2N3O2. The molecule has 0 bridgehead atoms. The van der Waals surface area contributed by atoms with Crippen LogP contribution in [0.5, 0.6) is 0 Å². The molecule has 2 aromatic rings. The van der Waals surface area contributed by atoms with Crippen LogP contribution in [0.3, 0.4) is 0 Å². The van der Waals surface area contributed by atoms with Crippen molar-refractivity contribution in [1.29, 1.82) is 0 Å². The first-order valence-corrected chi connectivity index (χ1v) is 7.60. The quantitative estimate of drug-likeness (QED) is 0.897. The lowest BCUT2D eigenvalue weighted by Crippen LogP contribution is -2.36.